The number of amides is 4. The number of fused-ring (bicyclic) bond motifs is 1. The smallest absolute Gasteiger partial charge is 0.325 e. The molecule has 0 spiro atoms. The van der Waals surface area contributed by atoms with Crippen LogP contribution in [0.3, 0.4) is 0 Å². The van der Waals surface area contributed by atoms with Crippen molar-refractivity contribution in [3.63, 3.8) is 0 Å². The summed E-state index contributed by atoms with van der Waals surface area (Å²) in [6.07, 6.45) is 2.01. The Hall–Kier alpha value is -3.49. The zero-order valence-corrected chi connectivity index (χ0v) is 15.0. The molecule has 9 nitrogen and oxygen atoms in total. The molecule has 0 saturated carbocycles. The summed E-state index contributed by atoms with van der Waals surface area (Å²) in [6, 6.07) is 7.45. The number of imide groups is 1. The molecule has 1 saturated heterocycles. The molecule has 1 aromatic heterocycles. The molecule has 1 fully saturated rings. The Labute approximate surface area is 160 Å². The normalized spacial score (nSPS) is 17.7. The van der Waals surface area contributed by atoms with E-state index < -0.39 is 18.0 Å². The second-order valence-electron chi connectivity index (χ2n) is 6.50. The molecule has 28 heavy (non-hydrogen) atoms. The van der Waals surface area contributed by atoms with Crippen molar-refractivity contribution in [1.82, 2.24) is 15.5 Å². The van der Waals surface area contributed by atoms with Crippen LogP contribution >= 0.6 is 0 Å². The lowest BCUT2D eigenvalue weighted by Gasteiger charge is -2.13. The minimum atomic E-state index is -0.870. The lowest BCUT2D eigenvalue weighted by molar-refractivity contribution is -0.131. The molecular weight excluding hydrogens is 366 g/mol. The Balaban J connectivity index is 1.30. The average Bonchev–Trinajstić information content (AvgIpc) is 3.40. The summed E-state index contributed by atoms with van der Waals surface area (Å²) in [6.45, 7) is 0.638. The number of benzene rings is 1. The first kappa shape index (κ1) is 17.9. The monoisotopic (exact) mass is 385 g/mol. The second kappa shape index (κ2) is 7.63. The van der Waals surface area contributed by atoms with E-state index in [0.717, 1.165) is 16.2 Å². The zero-order chi connectivity index (χ0) is 19.5. The maximum atomic E-state index is 12.5. The second-order valence-corrected chi connectivity index (χ2v) is 6.50. The number of nitrogens with zero attached hydrogens (tertiary/aromatic N) is 1. The third-order valence-electron chi connectivity index (χ3n) is 4.55. The summed E-state index contributed by atoms with van der Waals surface area (Å²) < 4.78 is 15.8. The Morgan fingerprint density at radius 3 is 2.89 bits per heavy atom. The van der Waals surface area contributed by atoms with Crippen molar-refractivity contribution in [2.75, 3.05) is 13.3 Å². The maximum Gasteiger partial charge on any atom is 0.325 e. The largest absolute Gasteiger partial charge is 0.469 e. The summed E-state index contributed by atoms with van der Waals surface area (Å²) in [5, 5.41) is 5.29. The van der Waals surface area contributed by atoms with Crippen molar-refractivity contribution < 1.29 is 28.3 Å². The third kappa shape index (κ3) is 3.78. The number of furan rings is 1. The van der Waals surface area contributed by atoms with Crippen molar-refractivity contribution in [1.29, 1.82) is 0 Å². The van der Waals surface area contributed by atoms with Crippen LogP contribution in [0.2, 0.25) is 0 Å². The van der Waals surface area contributed by atoms with Gasteiger partial charge in [0, 0.05) is 13.0 Å². The molecule has 4 rings (SSSR count). The van der Waals surface area contributed by atoms with Gasteiger partial charge in [-0.25, -0.2) is 4.79 Å². The lowest BCUT2D eigenvalue weighted by atomic mass is 10.1. The van der Waals surface area contributed by atoms with Gasteiger partial charge in [0.05, 0.1) is 19.2 Å². The lowest BCUT2D eigenvalue weighted by Crippen LogP contribution is -2.37. The van der Waals surface area contributed by atoms with Gasteiger partial charge in [-0.2, -0.15) is 0 Å². The van der Waals surface area contributed by atoms with Gasteiger partial charge in [-0.1, -0.05) is 6.07 Å². The number of rotatable bonds is 7. The first-order valence-electron chi connectivity index (χ1n) is 8.89. The number of hydrogen-bond donors (Lipinski definition) is 2. The van der Waals surface area contributed by atoms with Gasteiger partial charge in [0.2, 0.25) is 12.7 Å². The van der Waals surface area contributed by atoms with Crippen LogP contribution in [-0.2, 0) is 22.6 Å². The van der Waals surface area contributed by atoms with Gasteiger partial charge in [0.15, 0.2) is 11.5 Å². The molecule has 2 aromatic rings. The zero-order valence-electron chi connectivity index (χ0n) is 15.0. The van der Waals surface area contributed by atoms with Crippen molar-refractivity contribution in [3.8, 4) is 11.5 Å². The number of urea groups is 1. The highest BCUT2D eigenvalue weighted by atomic mass is 16.7. The van der Waals surface area contributed by atoms with Crippen LogP contribution in [0, 0.1) is 0 Å². The van der Waals surface area contributed by atoms with Gasteiger partial charge in [-0.15, -0.1) is 0 Å². The molecule has 1 atom stereocenters. The number of carbonyl (C=O) groups excluding carboxylic acids is 3. The summed E-state index contributed by atoms with van der Waals surface area (Å²) >= 11 is 0. The van der Waals surface area contributed by atoms with Crippen molar-refractivity contribution in [2.24, 2.45) is 0 Å². The summed E-state index contributed by atoms with van der Waals surface area (Å²) in [5.74, 6) is 1.24. The molecule has 0 unspecified atom stereocenters. The molecule has 4 amide bonds. The quantitative estimate of drug-likeness (QED) is 0.693. The predicted molar refractivity (Wildman–Crippen MR) is 95.5 cm³/mol. The molecule has 146 valence electrons. The minimum Gasteiger partial charge on any atom is -0.469 e. The highest BCUT2D eigenvalue weighted by molar-refractivity contribution is 6.05. The van der Waals surface area contributed by atoms with E-state index in [-0.39, 0.29) is 25.7 Å². The summed E-state index contributed by atoms with van der Waals surface area (Å²) in [7, 11) is 0. The summed E-state index contributed by atoms with van der Waals surface area (Å²) in [4.78, 5) is 37.9. The summed E-state index contributed by atoms with van der Waals surface area (Å²) in [5.41, 5.74) is 0.733. The van der Waals surface area contributed by atoms with Crippen LogP contribution in [0.15, 0.2) is 41.0 Å². The van der Waals surface area contributed by atoms with Crippen LogP contribution in [0.25, 0.3) is 0 Å². The number of nitrogens with one attached hydrogen (secondary N) is 2. The van der Waals surface area contributed by atoms with E-state index in [1.807, 2.05) is 6.07 Å². The Kier molecular flexibility index (Phi) is 4.88. The molecule has 0 bridgehead atoms. The van der Waals surface area contributed by atoms with Gasteiger partial charge >= 0.3 is 6.03 Å². The Morgan fingerprint density at radius 2 is 2.07 bits per heavy atom. The van der Waals surface area contributed by atoms with Crippen LogP contribution in [0.1, 0.15) is 17.7 Å². The molecular formula is C19H19N3O6. The van der Waals surface area contributed by atoms with Gasteiger partial charge < -0.3 is 24.5 Å². The van der Waals surface area contributed by atoms with E-state index in [2.05, 4.69) is 10.6 Å². The average molecular weight is 385 g/mol. The van der Waals surface area contributed by atoms with Crippen LogP contribution in [0.4, 0.5) is 4.79 Å². The fraction of sp³-hybridized carbons (Fsp3) is 0.316. The first-order valence-corrected chi connectivity index (χ1v) is 8.89. The molecule has 3 heterocycles. The third-order valence-corrected chi connectivity index (χ3v) is 4.55. The predicted octanol–water partition coefficient (Wildman–Crippen LogP) is 1.18. The number of hydrogen-bond acceptors (Lipinski definition) is 6. The van der Waals surface area contributed by atoms with E-state index in [0.29, 0.717) is 24.5 Å². The molecule has 2 aliphatic rings. The highest BCUT2D eigenvalue weighted by Crippen LogP contribution is 2.33. The Morgan fingerprint density at radius 1 is 1.21 bits per heavy atom. The van der Waals surface area contributed by atoms with Crippen LogP contribution in [-0.4, -0.2) is 42.1 Å². The molecule has 1 aromatic carbocycles. The molecule has 0 radical (unpaired) electrons. The number of carbonyl (C=O) groups is 3. The molecule has 2 N–H and O–H groups in total. The standard InChI is InChI=1S/C19H19N3O6/c23-17(20-6-5-13-2-1-7-26-13)9-14-18(24)22(19(25)21-14)10-12-3-4-15-16(8-12)28-11-27-15/h1-4,7-8,14H,5-6,9-11H2,(H,20,23)(H,21,25)/t14-/m1/s1. The van der Waals surface area contributed by atoms with E-state index in [4.69, 9.17) is 13.9 Å². The first-order chi connectivity index (χ1) is 13.6. The SMILES string of the molecule is O=C(C[C@H]1NC(=O)N(Cc2ccc3c(c2)OCO3)C1=O)NCCc1ccco1. The fourth-order valence-corrected chi connectivity index (χ4v) is 3.12. The van der Waals surface area contributed by atoms with Crippen molar-refractivity contribution >= 4 is 17.8 Å². The van der Waals surface area contributed by atoms with Gasteiger partial charge in [0.1, 0.15) is 11.8 Å². The Bertz CT molecular complexity index is 895. The number of ether oxygens (including phenoxy) is 2. The topological polar surface area (TPSA) is 110 Å². The van der Waals surface area contributed by atoms with Crippen LogP contribution < -0.4 is 20.1 Å². The van der Waals surface area contributed by atoms with E-state index in [1.165, 1.54) is 0 Å². The minimum absolute atomic E-state index is 0.0952. The highest BCUT2D eigenvalue weighted by Gasteiger charge is 2.39. The molecule has 0 aliphatic carbocycles. The molecule has 9 heteroatoms. The fourth-order valence-electron chi connectivity index (χ4n) is 3.12. The van der Waals surface area contributed by atoms with Gasteiger partial charge in [-0.05, 0) is 29.8 Å². The van der Waals surface area contributed by atoms with Crippen LogP contribution in [0.5, 0.6) is 11.5 Å². The van der Waals surface area contributed by atoms with Crippen molar-refractivity contribution in [3.05, 3.63) is 47.9 Å². The van der Waals surface area contributed by atoms with Gasteiger partial charge in [0.25, 0.3) is 5.91 Å². The van der Waals surface area contributed by atoms with E-state index >= 15 is 0 Å². The maximum absolute atomic E-state index is 12.5. The van der Waals surface area contributed by atoms with E-state index in [9.17, 15) is 14.4 Å². The molecule has 2 aliphatic heterocycles. The van der Waals surface area contributed by atoms with Crippen molar-refractivity contribution in [2.45, 2.75) is 25.4 Å². The van der Waals surface area contributed by atoms with Gasteiger partial charge in [-0.3, -0.25) is 14.5 Å². The van der Waals surface area contributed by atoms with E-state index in [1.54, 1.807) is 30.5 Å².